The largest absolute Gasteiger partial charge is 4.00 e. The van der Waals surface area contributed by atoms with Gasteiger partial charge in [-0.25, -0.2) is 23.3 Å². The van der Waals surface area contributed by atoms with E-state index in [1.54, 1.807) is 0 Å². The molecule has 1 nitrogen and oxygen atoms in total. The summed E-state index contributed by atoms with van der Waals surface area (Å²) in [5.74, 6) is 0. The van der Waals surface area contributed by atoms with Crippen LogP contribution in [0.1, 0.15) is 75.6 Å². The first-order valence-corrected chi connectivity index (χ1v) is 10.1. The fourth-order valence-corrected chi connectivity index (χ4v) is 2.55. The molecule has 0 radical (unpaired) electrons. The molecule has 2 aromatic rings. The third kappa shape index (κ3) is 18.9. The van der Waals surface area contributed by atoms with Crippen molar-refractivity contribution in [2.24, 2.45) is 0 Å². The van der Waals surface area contributed by atoms with E-state index in [9.17, 15) is 0 Å². The molecule has 0 aliphatic carbocycles. The Bertz CT molecular complexity index is 470. The van der Waals surface area contributed by atoms with Crippen molar-refractivity contribution in [2.75, 3.05) is 13.1 Å². The van der Waals surface area contributed by atoms with E-state index in [4.69, 9.17) is 0 Å². The first-order chi connectivity index (χ1) is 12.1. The zero-order valence-electron chi connectivity index (χ0n) is 18.4. The zero-order valence-corrected chi connectivity index (χ0v) is 21.7. The Hall–Kier alpha value is -0.167. The molecule has 0 aliphatic rings. The summed E-state index contributed by atoms with van der Waals surface area (Å²) in [5, 5.41) is 3.97. The molecule has 0 N–H and O–H groups in total. The number of hydrogen-bond donors (Lipinski definition) is 0. The fraction of sp³-hybridized carbons (Fsp3) is 0.583. The minimum absolute atomic E-state index is 0. The van der Waals surface area contributed by atoms with E-state index in [-0.39, 0.29) is 38.6 Å². The van der Waals surface area contributed by atoms with Crippen LogP contribution < -0.4 is 12.4 Å². The number of unbranched alkanes of at least 4 members (excludes halogenated alkanes) is 2. The molecule has 2 rings (SSSR count). The average molecular weight is 469 g/mol. The number of halogens is 1. The van der Waals surface area contributed by atoms with Crippen LogP contribution >= 0.6 is 0 Å². The van der Waals surface area contributed by atoms with Crippen LogP contribution in [-0.4, -0.2) is 13.1 Å². The van der Waals surface area contributed by atoms with Crippen LogP contribution in [0.2, 0.25) is 0 Å². The van der Waals surface area contributed by atoms with E-state index >= 15 is 0 Å². The number of nitrogens with zero attached hydrogens (tertiary/aromatic N) is 1. The molecular weight excluding hydrogens is 429 g/mol. The van der Waals surface area contributed by atoms with Gasteiger partial charge in [-0.3, -0.25) is 0 Å². The van der Waals surface area contributed by atoms with E-state index in [0.717, 1.165) is 13.1 Å². The molecule has 0 fully saturated rings. The molecule has 0 bridgehead atoms. The summed E-state index contributed by atoms with van der Waals surface area (Å²) in [5.41, 5.74) is 5.79. The molecule has 0 aromatic heterocycles. The molecule has 2 aromatic carbocycles. The monoisotopic (exact) mass is 467 g/mol. The molecule has 0 spiro atoms. The van der Waals surface area contributed by atoms with Crippen LogP contribution in [0.5, 0.6) is 0 Å². The van der Waals surface area contributed by atoms with E-state index in [0.29, 0.717) is 0 Å². The van der Waals surface area contributed by atoms with Crippen molar-refractivity contribution >= 4 is 0 Å². The average Bonchev–Trinajstić information content (AvgIpc) is 3.21. The quantitative estimate of drug-likeness (QED) is 0.506. The van der Waals surface area contributed by atoms with Crippen molar-refractivity contribution in [2.45, 2.75) is 80.1 Å². The maximum atomic E-state index is 3.97. The Morgan fingerprint density at radius 1 is 0.741 bits per heavy atom. The second-order valence-corrected chi connectivity index (χ2v) is 6.66. The van der Waals surface area contributed by atoms with Gasteiger partial charge in [0.25, 0.3) is 0 Å². The number of aryl methyl sites for hydroxylation is 4. The Morgan fingerprint density at radius 3 is 1.30 bits per heavy atom. The van der Waals surface area contributed by atoms with Crippen molar-refractivity contribution in [3.05, 3.63) is 64.0 Å². The van der Waals surface area contributed by atoms with Crippen molar-refractivity contribution < 1.29 is 38.6 Å². The van der Waals surface area contributed by atoms with Crippen LogP contribution in [-0.2, 0) is 39.0 Å². The standard InChI is InChI=1S/2C10H15.C4H10N.ClH.Zr/c2*1-3-4-5-10-7-6-9(2)8-10;1-3-5-4-2;;/h2*6-8H,3-5H2,1-2H3;3-4H2,1-2H3;1H;/q3*-1;;+4/p-1. The van der Waals surface area contributed by atoms with Crippen molar-refractivity contribution in [3.8, 4) is 0 Å². The smallest absolute Gasteiger partial charge is 1.00 e. The van der Waals surface area contributed by atoms with Crippen molar-refractivity contribution in [3.63, 3.8) is 0 Å². The number of hydrogen-bond acceptors (Lipinski definition) is 0. The van der Waals surface area contributed by atoms with E-state index in [1.165, 1.54) is 60.8 Å². The molecule has 0 unspecified atom stereocenters. The third-order valence-corrected chi connectivity index (χ3v) is 4.03. The van der Waals surface area contributed by atoms with Crippen LogP contribution in [0.3, 0.4) is 0 Å². The minimum atomic E-state index is 0. The SMILES string of the molecule is CCCC[c-]1ccc(C)c1.CCCC[c-]1ccc(C)c1.CC[N-]CC.[Cl-].[Zr+4]. The van der Waals surface area contributed by atoms with Gasteiger partial charge in [0.2, 0.25) is 0 Å². The van der Waals surface area contributed by atoms with Gasteiger partial charge in [-0.05, 0) is 0 Å². The molecule has 0 saturated carbocycles. The minimum Gasteiger partial charge on any atom is -1.00 e. The van der Waals surface area contributed by atoms with Gasteiger partial charge < -0.3 is 17.7 Å². The Kier molecular flexibility index (Phi) is 25.8. The predicted molar refractivity (Wildman–Crippen MR) is 115 cm³/mol. The van der Waals surface area contributed by atoms with Crippen LogP contribution in [0.15, 0.2) is 36.4 Å². The van der Waals surface area contributed by atoms with Gasteiger partial charge in [-0.2, -0.15) is 48.5 Å². The van der Waals surface area contributed by atoms with Crippen LogP contribution in [0, 0.1) is 13.8 Å². The number of rotatable bonds is 8. The van der Waals surface area contributed by atoms with Gasteiger partial charge in [-0.15, -0.1) is 0 Å². The van der Waals surface area contributed by atoms with E-state index in [2.05, 4.69) is 69.4 Å². The maximum absolute atomic E-state index is 3.97. The maximum Gasteiger partial charge on any atom is 4.00 e. The van der Waals surface area contributed by atoms with Gasteiger partial charge in [0.05, 0.1) is 0 Å². The summed E-state index contributed by atoms with van der Waals surface area (Å²) < 4.78 is 0. The second kappa shape index (κ2) is 22.1. The summed E-state index contributed by atoms with van der Waals surface area (Å²) in [6, 6.07) is 13.4. The predicted octanol–water partition coefficient (Wildman–Crippen LogP) is 4.51. The molecule has 152 valence electrons. The van der Waals surface area contributed by atoms with Crippen LogP contribution in [0.4, 0.5) is 0 Å². The Balaban J connectivity index is -0.000000326. The van der Waals surface area contributed by atoms with Gasteiger partial charge in [0.1, 0.15) is 0 Å². The van der Waals surface area contributed by atoms with E-state index in [1.807, 2.05) is 13.8 Å². The fourth-order valence-electron chi connectivity index (χ4n) is 2.55. The summed E-state index contributed by atoms with van der Waals surface area (Å²) in [7, 11) is 0. The van der Waals surface area contributed by atoms with E-state index < -0.39 is 0 Å². The summed E-state index contributed by atoms with van der Waals surface area (Å²) in [6.45, 7) is 14.8. The summed E-state index contributed by atoms with van der Waals surface area (Å²) in [6.07, 6.45) is 7.75. The Labute approximate surface area is 195 Å². The van der Waals surface area contributed by atoms with Crippen molar-refractivity contribution in [1.29, 1.82) is 0 Å². The molecule has 0 aliphatic heterocycles. The molecular formula is C24H40ClNZr. The van der Waals surface area contributed by atoms with Gasteiger partial charge in [-0.1, -0.05) is 80.1 Å². The zero-order chi connectivity index (χ0) is 18.9. The van der Waals surface area contributed by atoms with Crippen molar-refractivity contribution in [1.82, 2.24) is 0 Å². The topological polar surface area (TPSA) is 14.1 Å². The second-order valence-electron chi connectivity index (χ2n) is 6.66. The van der Waals surface area contributed by atoms with Gasteiger partial charge in [0, 0.05) is 0 Å². The first-order valence-electron chi connectivity index (χ1n) is 10.1. The summed E-state index contributed by atoms with van der Waals surface area (Å²) in [4.78, 5) is 0. The molecule has 0 atom stereocenters. The molecule has 0 amide bonds. The molecule has 0 saturated heterocycles. The first kappa shape index (κ1) is 31.5. The molecule has 27 heavy (non-hydrogen) atoms. The molecule has 3 heteroatoms. The summed E-state index contributed by atoms with van der Waals surface area (Å²) >= 11 is 0. The normalized spacial score (nSPS) is 9.11. The Morgan fingerprint density at radius 2 is 1.11 bits per heavy atom. The van der Waals surface area contributed by atoms with Gasteiger partial charge in [0.15, 0.2) is 0 Å². The third-order valence-electron chi connectivity index (χ3n) is 4.03. The molecule has 0 heterocycles. The van der Waals surface area contributed by atoms with Gasteiger partial charge >= 0.3 is 26.2 Å². The van der Waals surface area contributed by atoms with Crippen LogP contribution in [0.25, 0.3) is 5.32 Å².